The Balaban J connectivity index is 1.95. The fourth-order valence-corrected chi connectivity index (χ4v) is 6.79. The average molecular weight is 851 g/mol. The highest BCUT2D eigenvalue weighted by Gasteiger charge is 2.52. The molecule has 0 aromatic rings. The van der Waals surface area contributed by atoms with Crippen LogP contribution in [0.5, 0.6) is 0 Å². The largest absolute Gasteiger partial charge is 0.444 e. The minimum absolute atomic E-state index is 0.0107. The Hall–Kier alpha value is -3.24. The smallest absolute Gasteiger partial charge is 0.408 e. The molecule has 8 N–H and O–H groups in total. The van der Waals surface area contributed by atoms with Gasteiger partial charge in [0.15, 0.2) is 12.6 Å². The van der Waals surface area contributed by atoms with Gasteiger partial charge in [0.05, 0.1) is 36.9 Å². The molecule has 3 aliphatic rings. The van der Waals surface area contributed by atoms with Gasteiger partial charge < -0.3 is 79.6 Å². The molecule has 0 bridgehead atoms. The second kappa shape index (κ2) is 20.1. The Bertz CT molecular complexity index is 1410. The molecule has 0 aromatic heterocycles. The van der Waals surface area contributed by atoms with Crippen LogP contribution in [0, 0.1) is 5.92 Å². The van der Waals surface area contributed by atoms with Gasteiger partial charge in [0.2, 0.25) is 0 Å². The molecule has 0 radical (unpaired) electrons. The van der Waals surface area contributed by atoms with Gasteiger partial charge in [-0.05, 0) is 108 Å². The molecule has 3 fully saturated rings. The number of nitrogens with one attached hydrogen (secondary N) is 4. The van der Waals surface area contributed by atoms with Crippen molar-refractivity contribution >= 4 is 24.4 Å². The second-order valence-corrected chi connectivity index (χ2v) is 19.4. The van der Waals surface area contributed by atoms with Crippen LogP contribution >= 0.6 is 0 Å². The summed E-state index contributed by atoms with van der Waals surface area (Å²) in [5.74, 6) is -0.578. The summed E-state index contributed by atoms with van der Waals surface area (Å²) in [6.07, 6.45) is -14.7. The second-order valence-electron chi connectivity index (χ2n) is 19.4. The fourth-order valence-electron chi connectivity index (χ4n) is 6.79. The van der Waals surface area contributed by atoms with Gasteiger partial charge in [-0.15, -0.1) is 0 Å². The molecular formula is C39H70N4O16. The highest BCUT2D eigenvalue weighted by atomic mass is 16.7. The Morgan fingerprint density at radius 3 is 1.58 bits per heavy atom. The van der Waals surface area contributed by atoms with Crippen LogP contribution in [0.3, 0.4) is 0 Å². The topological polar surface area (TPSA) is 271 Å². The first-order valence-corrected chi connectivity index (χ1v) is 20.2. The van der Waals surface area contributed by atoms with E-state index in [1.165, 1.54) is 0 Å². The van der Waals surface area contributed by atoms with E-state index in [9.17, 15) is 39.6 Å². The number of carbonyl (C=O) groups excluding carboxylic acids is 4. The van der Waals surface area contributed by atoms with Gasteiger partial charge >= 0.3 is 24.4 Å². The monoisotopic (exact) mass is 850 g/mol. The van der Waals surface area contributed by atoms with E-state index in [-0.39, 0.29) is 19.4 Å². The molecular weight excluding hydrogens is 780 g/mol. The maximum atomic E-state index is 13.2. The normalized spacial score (nSPS) is 33.2. The first-order valence-electron chi connectivity index (χ1n) is 20.2. The quantitative estimate of drug-likeness (QED) is 0.147. The molecule has 1 aliphatic carbocycles. The molecule has 1 saturated carbocycles. The Labute approximate surface area is 347 Å². The van der Waals surface area contributed by atoms with E-state index in [0.29, 0.717) is 6.42 Å². The molecule has 3 rings (SSSR count). The summed E-state index contributed by atoms with van der Waals surface area (Å²) in [4.78, 5) is 51.4. The third-order valence-corrected chi connectivity index (χ3v) is 9.14. The van der Waals surface area contributed by atoms with Crippen LogP contribution in [0.15, 0.2) is 0 Å². The summed E-state index contributed by atoms with van der Waals surface area (Å²) in [5.41, 5.74) is -3.37. The highest BCUT2D eigenvalue weighted by Crippen LogP contribution is 2.35. The number of carbonyl (C=O) groups is 4. The number of hydrogen-bond donors (Lipinski definition) is 8. The summed E-state index contributed by atoms with van der Waals surface area (Å²) in [5, 5.41) is 55.2. The molecule has 2 saturated heterocycles. The highest BCUT2D eigenvalue weighted by molar-refractivity contribution is 5.69. The van der Waals surface area contributed by atoms with E-state index in [1.54, 1.807) is 90.0 Å². The van der Waals surface area contributed by atoms with Crippen molar-refractivity contribution in [2.75, 3.05) is 13.2 Å². The van der Waals surface area contributed by atoms with Gasteiger partial charge in [-0.3, -0.25) is 0 Å². The van der Waals surface area contributed by atoms with Crippen molar-refractivity contribution in [1.29, 1.82) is 0 Å². The van der Waals surface area contributed by atoms with E-state index in [0.717, 1.165) is 0 Å². The minimum Gasteiger partial charge on any atom is -0.444 e. The summed E-state index contributed by atoms with van der Waals surface area (Å²) in [7, 11) is 0. The van der Waals surface area contributed by atoms with Crippen molar-refractivity contribution in [3.05, 3.63) is 0 Å². The van der Waals surface area contributed by atoms with E-state index >= 15 is 0 Å². The zero-order valence-corrected chi connectivity index (χ0v) is 36.7. The summed E-state index contributed by atoms with van der Waals surface area (Å²) in [6.45, 7) is 21.3. The van der Waals surface area contributed by atoms with Gasteiger partial charge in [0, 0.05) is 6.54 Å². The van der Waals surface area contributed by atoms with Gasteiger partial charge in [-0.25, -0.2) is 19.2 Å². The molecule has 2 aliphatic heterocycles. The number of aliphatic hydroxyl groups excluding tert-OH is 4. The van der Waals surface area contributed by atoms with Crippen molar-refractivity contribution in [3.63, 3.8) is 0 Å². The predicted octanol–water partition coefficient (Wildman–Crippen LogP) is 2.31. The molecule has 4 amide bonds. The summed E-state index contributed by atoms with van der Waals surface area (Å²) < 4.78 is 46.5. The number of aliphatic hydroxyl groups is 4. The van der Waals surface area contributed by atoms with E-state index < -0.39 is 133 Å². The van der Waals surface area contributed by atoms with Gasteiger partial charge in [-0.1, -0.05) is 6.92 Å². The molecule has 13 atom stereocenters. The van der Waals surface area contributed by atoms with Crippen LogP contribution in [0.4, 0.5) is 19.2 Å². The van der Waals surface area contributed by atoms with Crippen LogP contribution in [0.25, 0.3) is 0 Å². The van der Waals surface area contributed by atoms with Crippen LogP contribution in [0.2, 0.25) is 0 Å². The lowest BCUT2D eigenvalue weighted by Gasteiger charge is -2.49. The van der Waals surface area contributed by atoms with Crippen molar-refractivity contribution in [2.24, 2.45) is 5.92 Å². The molecule has 6 unspecified atom stereocenters. The van der Waals surface area contributed by atoms with Gasteiger partial charge in [0.25, 0.3) is 0 Å². The molecule has 59 heavy (non-hydrogen) atoms. The van der Waals surface area contributed by atoms with Crippen molar-refractivity contribution in [3.8, 4) is 0 Å². The predicted molar refractivity (Wildman–Crippen MR) is 209 cm³/mol. The maximum absolute atomic E-state index is 13.2. The number of hydrogen-bond acceptors (Lipinski definition) is 16. The van der Waals surface area contributed by atoms with Crippen molar-refractivity contribution < 1.29 is 77.5 Å². The Morgan fingerprint density at radius 1 is 0.593 bits per heavy atom. The SMILES string of the molecule is C[C@@H]1C[C@H](NC(=O)OC(C)(C)C)C(O[C@H]2OC(CNC(=O)OC(C)(C)C)CCC2NC(=O)OC(C)(C)C)C(O)[C@H]1O[C@H]1OC(CO)[C@@H](O)[C@H](NC(=O)OC(C)(C)C)C1O. The summed E-state index contributed by atoms with van der Waals surface area (Å²) >= 11 is 0. The van der Waals surface area contributed by atoms with E-state index in [2.05, 4.69) is 21.3 Å². The Morgan fingerprint density at radius 2 is 1.07 bits per heavy atom. The molecule has 20 heteroatoms. The standard InChI is InChI=1S/C39H70N4O16/c1-19-16-22(42-34(50)58-38(8,9)10)29(27(47)28(19)54-31-26(46)24(25(45)23(18-44)53-31)43-35(51)59-39(11,12)13)55-30-21(41-33(49)57-37(5,6)7)15-14-20(52-30)17-40-32(48)56-36(2,3)4/h19-31,44-47H,14-18H2,1-13H3,(H,40,48)(H,41,49)(H,42,50)(H,43,51)/t19-,20?,21?,22+,23?,24+,25-,26?,27?,28+,29?,30-,31-/m1/s1. The van der Waals surface area contributed by atoms with Crippen molar-refractivity contribution in [1.82, 2.24) is 21.3 Å². The fraction of sp³-hybridized carbons (Fsp3) is 0.897. The lowest BCUT2D eigenvalue weighted by Crippen LogP contribution is -2.67. The van der Waals surface area contributed by atoms with E-state index in [1.807, 2.05) is 0 Å². The lowest BCUT2D eigenvalue weighted by molar-refractivity contribution is -0.319. The third-order valence-electron chi connectivity index (χ3n) is 9.14. The maximum Gasteiger partial charge on any atom is 0.408 e. The first kappa shape index (κ1) is 50.1. The number of rotatable bonds is 10. The van der Waals surface area contributed by atoms with E-state index in [4.69, 9.17) is 37.9 Å². The van der Waals surface area contributed by atoms with Crippen LogP contribution in [0.1, 0.15) is 109 Å². The zero-order chi connectivity index (χ0) is 44.8. The molecule has 0 aromatic carbocycles. The summed E-state index contributed by atoms with van der Waals surface area (Å²) in [6, 6.07) is -3.20. The molecule has 0 spiro atoms. The van der Waals surface area contributed by atoms with Gasteiger partial charge in [0.1, 0.15) is 52.9 Å². The number of ether oxygens (including phenoxy) is 8. The molecule has 20 nitrogen and oxygen atoms in total. The van der Waals surface area contributed by atoms with Crippen molar-refractivity contribution in [2.45, 2.75) is 205 Å². The minimum atomic E-state index is -1.72. The van der Waals surface area contributed by atoms with Crippen LogP contribution < -0.4 is 21.3 Å². The number of amides is 4. The van der Waals surface area contributed by atoms with Crippen LogP contribution in [-0.4, -0.2) is 154 Å². The molecule has 2 heterocycles. The van der Waals surface area contributed by atoms with Gasteiger partial charge in [-0.2, -0.15) is 0 Å². The Kier molecular flexibility index (Phi) is 17.1. The lowest BCUT2D eigenvalue weighted by atomic mass is 9.80. The van der Waals surface area contributed by atoms with Crippen LogP contribution in [-0.2, 0) is 37.9 Å². The zero-order valence-electron chi connectivity index (χ0n) is 36.7. The molecule has 342 valence electrons. The number of alkyl carbamates (subject to hydrolysis) is 4. The average Bonchev–Trinajstić information content (AvgIpc) is 3.04. The third kappa shape index (κ3) is 16.3. The first-order chi connectivity index (χ1) is 26.9.